The van der Waals surface area contributed by atoms with Crippen LogP contribution in [0.4, 0.5) is 17.1 Å². The molecule has 0 amide bonds. The topological polar surface area (TPSA) is 16.1 Å². The lowest BCUT2D eigenvalue weighted by molar-refractivity contribution is 0.793. The molecule has 0 unspecified atom stereocenters. The van der Waals surface area contributed by atoms with E-state index in [0.717, 1.165) is 33.3 Å². The predicted molar refractivity (Wildman–Crippen MR) is 220 cm³/mol. The maximum Gasteiger partial charge on any atom is 0.124 e. The number of thiazole rings is 1. The summed E-state index contributed by atoms with van der Waals surface area (Å²) in [5.74, 6) is 0. The van der Waals surface area contributed by atoms with Crippen molar-refractivity contribution in [3.8, 4) is 54.5 Å². The predicted octanol–water partition coefficient (Wildman–Crippen LogP) is 13.4. The molecule has 1 aromatic heterocycles. The number of fused-ring (bicyclic) bond motifs is 13. The van der Waals surface area contributed by atoms with Crippen LogP contribution < -0.4 is 4.90 Å². The summed E-state index contributed by atoms with van der Waals surface area (Å²) in [4.78, 5) is 8.90. The van der Waals surface area contributed by atoms with Crippen LogP contribution in [-0.4, -0.2) is 4.98 Å². The van der Waals surface area contributed by atoms with Gasteiger partial charge in [-0.15, -0.1) is 11.3 Å². The van der Waals surface area contributed by atoms with E-state index in [1.54, 1.807) is 11.3 Å². The molecule has 3 aliphatic carbocycles. The van der Waals surface area contributed by atoms with Crippen molar-refractivity contribution in [3.63, 3.8) is 0 Å². The molecule has 0 N–H and O–H groups in total. The van der Waals surface area contributed by atoms with Gasteiger partial charge in [-0.05, 0) is 104 Å². The lowest BCUT2D eigenvalue weighted by Crippen LogP contribution is -2.26. The first-order valence-corrected chi connectivity index (χ1v) is 19.0. The fourth-order valence-electron chi connectivity index (χ4n) is 9.54. The smallest absolute Gasteiger partial charge is 0.124 e. The van der Waals surface area contributed by atoms with Crippen molar-refractivity contribution in [2.24, 2.45) is 0 Å². The van der Waals surface area contributed by atoms with Gasteiger partial charge in [0.05, 0.1) is 16.0 Å². The van der Waals surface area contributed by atoms with Crippen LogP contribution in [0.1, 0.15) is 22.3 Å². The molecule has 2 nitrogen and oxygen atoms in total. The molecule has 3 aliphatic rings. The molecule has 1 heterocycles. The molecule has 9 aromatic rings. The number of benzene rings is 8. The number of nitrogens with zero attached hydrogens (tertiary/aromatic N) is 2. The zero-order valence-corrected chi connectivity index (χ0v) is 29.4. The van der Waals surface area contributed by atoms with Crippen LogP contribution in [0.15, 0.2) is 182 Å². The summed E-state index contributed by atoms with van der Waals surface area (Å²) in [5, 5.41) is 3.66. The highest BCUT2D eigenvalue weighted by molar-refractivity contribution is 7.19. The highest BCUT2D eigenvalue weighted by atomic mass is 32.1. The molecule has 0 bridgehead atoms. The van der Waals surface area contributed by atoms with E-state index in [1.807, 2.05) is 0 Å². The quantitative estimate of drug-likeness (QED) is 0.183. The minimum absolute atomic E-state index is 0.393. The lowest BCUT2D eigenvalue weighted by Gasteiger charge is -2.32. The average Bonchev–Trinajstić information content (AvgIpc) is 3.95. The van der Waals surface area contributed by atoms with Gasteiger partial charge in [0.25, 0.3) is 0 Å². The van der Waals surface area contributed by atoms with Crippen LogP contribution in [0.2, 0.25) is 0 Å². The number of aromatic nitrogens is 1. The van der Waals surface area contributed by atoms with Crippen molar-refractivity contribution in [1.29, 1.82) is 0 Å². The van der Waals surface area contributed by atoms with E-state index >= 15 is 0 Å². The van der Waals surface area contributed by atoms with Crippen LogP contribution in [0, 0.1) is 0 Å². The summed E-state index contributed by atoms with van der Waals surface area (Å²) in [6.07, 6.45) is 0. The maximum atomic E-state index is 5.23. The number of hydrogen-bond donors (Lipinski definition) is 0. The molecule has 0 radical (unpaired) electrons. The van der Waals surface area contributed by atoms with Gasteiger partial charge in [-0.3, -0.25) is 0 Å². The van der Waals surface area contributed by atoms with Crippen molar-refractivity contribution < 1.29 is 0 Å². The van der Waals surface area contributed by atoms with E-state index in [0.29, 0.717) is 0 Å². The molecule has 3 heteroatoms. The lowest BCUT2D eigenvalue weighted by atomic mass is 9.70. The molecule has 0 saturated heterocycles. The first-order chi connectivity index (χ1) is 26.3. The Bertz CT molecular complexity index is 2840. The van der Waals surface area contributed by atoms with Gasteiger partial charge in [0.2, 0.25) is 0 Å². The Morgan fingerprint density at radius 1 is 0.415 bits per heavy atom. The zero-order chi connectivity index (χ0) is 34.7. The van der Waals surface area contributed by atoms with E-state index in [1.165, 1.54) is 71.3 Å². The molecule has 12 rings (SSSR count). The monoisotopic (exact) mass is 690 g/mol. The number of rotatable bonds is 4. The average molecular weight is 691 g/mol. The van der Waals surface area contributed by atoms with Gasteiger partial charge in [0, 0.05) is 33.8 Å². The molecular formula is C50H30N2S. The van der Waals surface area contributed by atoms with Crippen molar-refractivity contribution in [3.05, 3.63) is 204 Å². The number of anilines is 3. The van der Waals surface area contributed by atoms with Crippen molar-refractivity contribution in [2.75, 3.05) is 4.90 Å². The molecule has 0 fully saturated rings. The van der Waals surface area contributed by atoms with Gasteiger partial charge >= 0.3 is 0 Å². The Kier molecular flexibility index (Phi) is 5.89. The van der Waals surface area contributed by atoms with Gasteiger partial charge in [-0.1, -0.05) is 133 Å². The van der Waals surface area contributed by atoms with Gasteiger partial charge < -0.3 is 4.90 Å². The third kappa shape index (κ3) is 3.84. The molecule has 246 valence electrons. The Morgan fingerprint density at radius 2 is 0.943 bits per heavy atom. The van der Waals surface area contributed by atoms with Crippen molar-refractivity contribution >= 4 is 39.2 Å². The van der Waals surface area contributed by atoms with E-state index in [4.69, 9.17) is 4.98 Å². The minimum atomic E-state index is -0.393. The highest BCUT2D eigenvalue weighted by Crippen LogP contribution is 2.63. The second-order valence-corrected chi connectivity index (χ2v) is 15.2. The molecular weight excluding hydrogens is 661 g/mol. The second kappa shape index (κ2) is 10.7. The van der Waals surface area contributed by atoms with Crippen molar-refractivity contribution in [1.82, 2.24) is 4.98 Å². The summed E-state index contributed by atoms with van der Waals surface area (Å²) in [7, 11) is 0. The number of para-hydroxylation sites is 1. The summed E-state index contributed by atoms with van der Waals surface area (Å²) < 4.78 is 0. The van der Waals surface area contributed by atoms with E-state index < -0.39 is 5.41 Å². The van der Waals surface area contributed by atoms with E-state index in [-0.39, 0.29) is 0 Å². The van der Waals surface area contributed by atoms with Crippen LogP contribution in [0.25, 0.3) is 65.3 Å². The molecule has 0 aliphatic heterocycles. The largest absolute Gasteiger partial charge is 0.310 e. The molecule has 8 aromatic carbocycles. The summed E-state index contributed by atoms with van der Waals surface area (Å²) in [5.41, 5.74) is 18.4. The van der Waals surface area contributed by atoms with Gasteiger partial charge in [-0.25, -0.2) is 4.98 Å². The third-order valence-corrected chi connectivity index (χ3v) is 12.8. The normalized spacial score (nSPS) is 13.4. The Labute approximate surface area is 311 Å². The molecule has 1 spiro atoms. The van der Waals surface area contributed by atoms with E-state index in [9.17, 15) is 0 Å². The molecule has 0 saturated carbocycles. The Balaban J connectivity index is 1.01. The van der Waals surface area contributed by atoms with Crippen LogP contribution >= 0.6 is 11.3 Å². The third-order valence-electron chi connectivity index (χ3n) is 11.7. The first kappa shape index (κ1) is 29.1. The standard InChI is InChI=1S/C50H30N2S/c1-2-14-33(15-3-1)52(34-26-24-32(25-27-34)49-51-47-40-19-10-12-31-13-11-20-41(46(31)40)48(47)53-49)35-28-29-39-38-18-6-9-23-44(38)50(45(39)30-35)42-21-7-4-16-36(42)37-17-5-8-22-43(37)50/h1-30H. The van der Waals surface area contributed by atoms with Gasteiger partial charge in [-0.2, -0.15) is 0 Å². The van der Waals surface area contributed by atoms with Crippen molar-refractivity contribution in [2.45, 2.75) is 5.41 Å². The fraction of sp³-hybridized carbons (Fsp3) is 0.0200. The Morgan fingerprint density at radius 3 is 1.60 bits per heavy atom. The summed E-state index contributed by atoms with van der Waals surface area (Å²) in [6.45, 7) is 0. The summed E-state index contributed by atoms with van der Waals surface area (Å²) >= 11 is 1.79. The molecule has 53 heavy (non-hydrogen) atoms. The maximum absolute atomic E-state index is 5.23. The van der Waals surface area contributed by atoms with Crippen LogP contribution in [-0.2, 0) is 5.41 Å². The highest BCUT2D eigenvalue weighted by Gasteiger charge is 2.51. The number of hydrogen-bond acceptors (Lipinski definition) is 3. The second-order valence-electron chi connectivity index (χ2n) is 14.2. The fourth-order valence-corrected chi connectivity index (χ4v) is 10.7. The molecule has 0 atom stereocenters. The van der Waals surface area contributed by atoms with Gasteiger partial charge in [0.1, 0.15) is 5.01 Å². The zero-order valence-electron chi connectivity index (χ0n) is 28.6. The Hall–Kier alpha value is -6.55. The minimum Gasteiger partial charge on any atom is -0.310 e. The summed E-state index contributed by atoms with van der Waals surface area (Å²) in [6, 6.07) is 67.0. The van der Waals surface area contributed by atoms with Crippen LogP contribution in [0.5, 0.6) is 0 Å². The van der Waals surface area contributed by atoms with Gasteiger partial charge in [0.15, 0.2) is 0 Å². The first-order valence-electron chi connectivity index (χ1n) is 18.2. The SMILES string of the molecule is c1ccc(N(c2ccc(-c3nc4c(s3)-c3cccc5cccc-4c35)cc2)c2ccc3c(c2)C2(c4ccccc4-c4ccccc42)c2ccccc2-3)cc1. The van der Waals surface area contributed by atoms with E-state index in [2.05, 4.69) is 187 Å². The van der Waals surface area contributed by atoms with Crippen LogP contribution in [0.3, 0.4) is 0 Å².